The zero-order chi connectivity index (χ0) is 14.4. The average molecular weight is 275 g/mol. The highest BCUT2D eigenvalue weighted by Crippen LogP contribution is 2.32. The lowest BCUT2D eigenvalue weighted by Crippen LogP contribution is -2.38. The fourth-order valence-electron chi connectivity index (χ4n) is 2.74. The van der Waals surface area contributed by atoms with Crippen molar-refractivity contribution >= 4 is 11.9 Å². The molecule has 108 valence electrons. The lowest BCUT2D eigenvalue weighted by Gasteiger charge is -2.29. The van der Waals surface area contributed by atoms with Gasteiger partial charge in [-0.05, 0) is 25.3 Å². The van der Waals surface area contributed by atoms with E-state index in [-0.39, 0.29) is 17.7 Å². The third-order valence-electron chi connectivity index (χ3n) is 3.71. The summed E-state index contributed by atoms with van der Waals surface area (Å²) in [7, 11) is 0. The van der Waals surface area contributed by atoms with Gasteiger partial charge < -0.3 is 10.1 Å². The molecule has 0 radical (unpaired) electrons. The highest BCUT2D eigenvalue weighted by Gasteiger charge is 2.32. The molecule has 1 fully saturated rings. The summed E-state index contributed by atoms with van der Waals surface area (Å²) in [4.78, 5) is 23.9. The van der Waals surface area contributed by atoms with Crippen LogP contribution in [-0.2, 0) is 9.53 Å². The van der Waals surface area contributed by atoms with E-state index in [4.69, 9.17) is 4.74 Å². The van der Waals surface area contributed by atoms with Crippen molar-refractivity contribution in [2.75, 3.05) is 6.61 Å². The van der Waals surface area contributed by atoms with Crippen molar-refractivity contribution in [2.45, 2.75) is 38.6 Å². The van der Waals surface area contributed by atoms with Crippen molar-refractivity contribution in [1.29, 1.82) is 0 Å². The molecule has 0 unspecified atom stereocenters. The SMILES string of the molecule is CCOC(=O)N[C@@H](c1ccccc1)[C@H]1CCCCC1=O. The number of amides is 1. The van der Waals surface area contributed by atoms with Crippen LogP contribution in [0, 0.1) is 5.92 Å². The fraction of sp³-hybridized carbons (Fsp3) is 0.500. The van der Waals surface area contributed by atoms with E-state index in [1.807, 2.05) is 30.3 Å². The summed E-state index contributed by atoms with van der Waals surface area (Å²) in [6.45, 7) is 2.09. The third kappa shape index (κ3) is 3.59. The van der Waals surface area contributed by atoms with E-state index in [0.29, 0.717) is 13.0 Å². The molecule has 1 amide bonds. The lowest BCUT2D eigenvalue weighted by molar-refractivity contribution is -0.125. The molecule has 0 saturated heterocycles. The van der Waals surface area contributed by atoms with Gasteiger partial charge in [-0.25, -0.2) is 4.79 Å². The van der Waals surface area contributed by atoms with Crippen molar-refractivity contribution in [2.24, 2.45) is 5.92 Å². The molecule has 2 rings (SSSR count). The van der Waals surface area contributed by atoms with E-state index in [2.05, 4.69) is 5.32 Å². The number of ether oxygens (including phenoxy) is 1. The average Bonchev–Trinajstić information content (AvgIpc) is 2.47. The molecule has 0 aromatic heterocycles. The minimum Gasteiger partial charge on any atom is -0.450 e. The standard InChI is InChI=1S/C16H21NO3/c1-2-20-16(19)17-15(12-8-4-3-5-9-12)13-10-6-7-11-14(13)18/h3-5,8-9,13,15H,2,6-7,10-11H2,1H3,(H,17,19)/t13-,15-/m0/s1. The third-order valence-corrected chi connectivity index (χ3v) is 3.71. The fourth-order valence-corrected chi connectivity index (χ4v) is 2.74. The smallest absolute Gasteiger partial charge is 0.407 e. The summed E-state index contributed by atoms with van der Waals surface area (Å²) in [5.74, 6) is 0.0949. The molecular weight excluding hydrogens is 254 g/mol. The zero-order valence-corrected chi connectivity index (χ0v) is 11.8. The largest absolute Gasteiger partial charge is 0.450 e. The summed E-state index contributed by atoms with van der Waals surface area (Å²) in [5.41, 5.74) is 0.959. The van der Waals surface area contributed by atoms with E-state index in [1.54, 1.807) is 6.92 Å². The van der Waals surface area contributed by atoms with Gasteiger partial charge in [0.05, 0.1) is 12.6 Å². The van der Waals surface area contributed by atoms with Gasteiger partial charge in [-0.15, -0.1) is 0 Å². The number of rotatable bonds is 4. The second-order valence-corrected chi connectivity index (χ2v) is 5.07. The predicted octanol–water partition coefficient (Wildman–Crippen LogP) is 3.23. The number of carbonyl (C=O) groups is 2. The first-order valence-corrected chi connectivity index (χ1v) is 7.23. The van der Waals surface area contributed by atoms with Crippen molar-refractivity contribution in [3.8, 4) is 0 Å². The highest BCUT2D eigenvalue weighted by molar-refractivity contribution is 5.83. The van der Waals surface area contributed by atoms with E-state index in [0.717, 1.165) is 24.8 Å². The second-order valence-electron chi connectivity index (χ2n) is 5.07. The van der Waals surface area contributed by atoms with Crippen LogP contribution in [0.2, 0.25) is 0 Å². The molecule has 20 heavy (non-hydrogen) atoms. The molecule has 2 atom stereocenters. The number of hydrogen-bond donors (Lipinski definition) is 1. The second kappa shape index (κ2) is 7.08. The monoisotopic (exact) mass is 275 g/mol. The number of alkyl carbamates (subject to hydrolysis) is 1. The quantitative estimate of drug-likeness (QED) is 0.917. The van der Waals surface area contributed by atoms with Gasteiger partial charge in [0.2, 0.25) is 0 Å². The number of hydrogen-bond acceptors (Lipinski definition) is 3. The Morgan fingerprint density at radius 3 is 2.75 bits per heavy atom. The van der Waals surface area contributed by atoms with Crippen LogP contribution in [0.25, 0.3) is 0 Å². The summed E-state index contributed by atoms with van der Waals surface area (Å²) in [5, 5.41) is 2.85. The molecule has 0 aliphatic heterocycles. The van der Waals surface area contributed by atoms with Crippen molar-refractivity contribution < 1.29 is 14.3 Å². The van der Waals surface area contributed by atoms with Crippen LogP contribution in [0.3, 0.4) is 0 Å². The number of benzene rings is 1. The first-order valence-electron chi connectivity index (χ1n) is 7.23. The summed E-state index contributed by atoms with van der Waals surface area (Å²) in [6, 6.07) is 9.36. The Morgan fingerprint density at radius 2 is 2.10 bits per heavy atom. The van der Waals surface area contributed by atoms with E-state index < -0.39 is 6.09 Å². The van der Waals surface area contributed by atoms with Crippen LogP contribution in [0.4, 0.5) is 4.79 Å². The summed E-state index contributed by atoms with van der Waals surface area (Å²) in [6.07, 6.45) is 2.96. The molecule has 1 N–H and O–H groups in total. The van der Waals surface area contributed by atoms with Gasteiger partial charge in [0.25, 0.3) is 0 Å². The van der Waals surface area contributed by atoms with Crippen molar-refractivity contribution in [3.05, 3.63) is 35.9 Å². The zero-order valence-electron chi connectivity index (χ0n) is 11.8. The van der Waals surface area contributed by atoms with Crippen LogP contribution in [-0.4, -0.2) is 18.5 Å². The van der Waals surface area contributed by atoms with Gasteiger partial charge in [0, 0.05) is 12.3 Å². The maximum Gasteiger partial charge on any atom is 0.407 e. The van der Waals surface area contributed by atoms with Crippen LogP contribution < -0.4 is 5.32 Å². The minimum atomic E-state index is -0.459. The number of nitrogens with one attached hydrogen (secondary N) is 1. The Balaban J connectivity index is 2.19. The molecule has 4 nitrogen and oxygen atoms in total. The lowest BCUT2D eigenvalue weighted by atomic mass is 9.80. The van der Waals surface area contributed by atoms with Crippen LogP contribution in [0.1, 0.15) is 44.2 Å². The Labute approximate surface area is 119 Å². The molecule has 0 heterocycles. The van der Waals surface area contributed by atoms with Gasteiger partial charge >= 0.3 is 6.09 Å². The normalized spacial score (nSPS) is 20.2. The molecule has 1 saturated carbocycles. The van der Waals surface area contributed by atoms with E-state index >= 15 is 0 Å². The van der Waals surface area contributed by atoms with Gasteiger partial charge in [-0.1, -0.05) is 36.8 Å². The molecule has 0 bridgehead atoms. The van der Waals surface area contributed by atoms with Gasteiger partial charge in [0.15, 0.2) is 0 Å². The van der Waals surface area contributed by atoms with E-state index in [9.17, 15) is 9.59 Å². The molecule has 1 aliphatic carbocycles. The Kier molecular flexibility index (Phi) is 5.16. The first-order chi connectivity index (χ1) is 9.72. The van der Waals surface area contributed by atoms with Crippen molar-refractivity contribution in [1.82, 2.24) is 5.32 Å². The number of ketones is 1. The summed E-state index contributed by atoms with van der Waals surface area (Å²) < 4.78 is 4.96. The Bertz CT molecular complexity index is 458. The maximum atomic E-state index is 12.2. The van der Waals surface area contributed by atoms with Gasteiger partial charge in [-0.3, -0.25) is 4.79 Å². The Hall–Kier alpha value is -1.84. The van der Waals surface area contributed by atoms with Gasteiger partial charge in [-0.2, -0.15) is 0 Å². The topological polar surface area (TPSA) is 55.4 Å². The minimum absolute atomic E-state index is 0.143. The summed E-state index contributed by atoms with van der Waals surface area (Å²) >= 11 is 0. The number of carbonyl (C=O) groups excluding carboxylic acids is 2. The van der Waals surface area contributed by atoms with Crippen LogP contribution >= 0.6 is 0 Å². The predicted molar refractivity (Wildman–Crippen MR) is 76.3 cm³/mol. The maximum absolute atomic E-state index is 12.2. The highest BCUT2D eigenvalue weighted by atomic mass is 16.5. The van der Waals surface area contributed by atoms with Crippen LogP contribution in [0.15, 0.2) is 30.3 Å². The van der Waals surface area contributed by atoms with E-state index in [1.165, 1.54) is 0 Å². The Morgan fingerprint density at radius 1 is 1.35 bits per heavy atom. The molecule has 0 spiro atoms. The molecule has 1 aromatic carbocycles. The molecule has 4 heteroatoms. The number of Topliss-reactive ketones (excluding diaryl/α,β-unsaturated/α-hetero) is 1. The first kappa shape index (κ1) is 14.6. The van der Waals surface area contributed by atoms with Gasteiger partial charge in [0.1, 0.15) is 5.78 Å². The van der Waals surface area contributed by atoms with Crippen LogP contribution in [0.5, 0.6) is 0 Å². The molecular formula is C16H21NO3. The molecule has 1 aromatic rings. The molecule has 1 aliphatic rings. The van der Waals surface area contributed by atoms with Crippen molar-refractivity contribution in [3.63, 3.8) is 0 Å².